The minimum absolute atomic E-state index is 0.735. The highest BCUT2D eigenvalue weighted by Gasteiger charge is 2.10. The quantitative estimate of drug-likeness (QED) is 0.566. The highest BCUT2D eigenvalue weighted by molar-refractivity contribution is 14.1. The molecule has 0 unspecified atom stereocenters. The fourth-order valence-electron chi connectivity index (χ4n) is 1.71. The summed E-state index contributed by atoms with van der Waals surface area (Å²) in [6.45, 7) is 2.11. The fourth-order valence-corrected chi connectivity index (χ4v) is 3.67. The lowest BCUT2D eigenvalue weighted by molar-refractivity contribution is 0.929. The van der Waals surface area contributed by atoms with Crippen molar-refractivity contribution in [3.63, 3.8) is 0 Å². The number of halogens is 2. The largest absolute Gasteiger partial charge is 0.372 e. The van der Waals surface area contributed by atoms with E-state index in [-0.39, 0.29) is 0 Å². The molecular formula is C14H15ClIN3S. The molecule has 0 spiro atoms. The first-order chi connectivity index (χ1) is 9.63. The molecule has 1 N–H and O–H groups in total. The van der Waals surface area contributed by atoms with Crippen LogP contribution in [-0.4, -0.2) is 17.0 Å². The van der Waals surface area contributed by atoms with Gasteiger partial charge in [0.25, 0.3) is 0 Å². The summed E-state index contributed by atoms with van der Waals surface area (Å²) in [7, 11) is 1.89. The average Bonchev–Trinajstić information content (AvgIpc) is 2.46. The molecule has 20 heavy (non-hydrogen) atoms. The van der Waals surface area contributed by atoms with Gasteiger partial charge in [0.1, 0.15) is 11.6 Å². The van der Waals surface area contributed by atoms with Crippen molar-refractivity contribution in [2.24, 2.45) is 0 Å². The molecule has 2 aromatic rings. The highest BCUT2D eigenvalue weighted by atomic mass is 127. The Kier molecular flexibility index (Phi) is 5.92. The minimum atomic E-state index is 0.735. The molecule has 1 aromatic heterocycles. The summed E-state index contributed by atoms with van der Waals surface area (Å²) < 4.78 is 1.10. The molecule has 3 nitrogen and oxygen atoms in total. The summed E-state index contributed by atoms with van der Waals surface area (Å²) in [5, 5.41) is 3.88. The van der Waals surface area contributed by atoms with E-state index < -0.39 is 0 Å². The number of hydrogen-bond acceptors (Lipinski definition) is 4. The minimum Gasteiger partial charge on any atom is -0.372 e. The van der Waals surface area contributed by atoms with Crippen molar-refractivity contribution in [1.82, 2.24) is 9.97 Å². The summed E-state index contributed by atoms with van der Waals surface area (Å²) in [6, 6.07) is 7.83. The maximum Gasteiger partial charge on any atom is 0.143 e. The summed E-state index contributed by atoms with van der Waals surface area (Å²) in [5.41, 5.74) is 1.09. The van der Waals surface area contributed by atoms with Gasteiger partial charge in [0.2, 0.25) is 0 Å². The Balaban J connectivity index is 2.17. The second kappa shape index (κ2) is 7.47. The van der Waals surface area contributed by atoms with E-state index in [2.05, 4.69) is 44.8 Å². The molecule has 0 fully saturated rings. The van der Waals surface area contributed by atoms with Crippen LogP contribution in [0.2, 0.25) is 5.02 Å². The second-order valence-electron chi connectivity index (χ2n) is 4.10. The third-order valence-corrected chi connectivity index (χ3v) is 5.06. The van der Waals surface area contributed by atoms with E-state index in [0.29, 0.717) is 0 Å². The van der Waals surface area contributed by atoms with Gasteiger partial charge in [-0.2, -0.15) is 0 Å². The van der Waals surface area contributed by atoms with Crippen LogP contribution in [0.25, 0.3) is 0 Å². The molecule has 0 bridgehead atoms. The van der Waals surface area contributed by atoms with E-state index >= 15 is 0 Å². The molecular weight excluding hydrogens is 405 g/mol. The predicted molar refractivity (Wildman–Crippen MR) is 94.7 cm³/mol. The first-order valence-corrected chi connectivity index (χ1v) is 8.69. The van der Waals surface area contributed by atoms with Gasteiger partial charge in [0.05, 0.1) is 15.0 Å². The lowest BCUT2D eigenvalue weighted by atomic mass is 10.3. The zero-order chi connectivity index (χ0) is 14.5. The number of hydrogen-bond donors (Lipinski definition) is 1. The Bertz CT molecular complexity index is 582. The Morgan fingerprint density at radius 3 is 2.80 bits per heavy atom. The highest BCUT2D eigenvalue weighted by Crippen LogP contribution is 2.26. The van der Waals surface area contributed by atoms with Gasteiger partial charge in [0, 0.05) is 17.0 Å². The summed E-state index contributed by atoms with van der Waals surface area (Å²) in [6.07, 6.45) is 0.907. The predicted octanol–water partition coefficient (Wildman–Crippen LogP) is 4.63. The van der Waals surface area contributed by atoms with Gasteiger partial charge >= 0.3 is 0 Å². The van der Waals surface area contributed by atoms with Crippen LogP contribution in [0.3, 0.4) is 0 Å². The number of benzene rings is 1. The molecule has 0 saturated heterocycles. The summed E-state index contributed by atoms with van der Waals surface area (Å²) >= 11 is 9.97. The monoisotopic (exact) mass is 419 g/mol. The number of nitrogens with one attached hydrogen (secondary N) is 1. The van der Waals surface area contributed by atoms with E-state index in [1.165, 1.54) is 0 Å². The molecule has 0 amide bonds. The van der Waals surface area contributed by atoms with E-state index in [1.54, 1.807) is 11.8 Å². The zero-order valence-corrected chi connectivity index (χ0v) is 15.0. The lowest BCUT2D eigenvalue weighted by Crippen LogP contribution is -2.06. The number of nitrogens with zero attached hydrogens (tertiary/aromatic N) is 2. The smallest absolute Gasteiger partial charge is 0.143 e. The molecule has 0 atom stereocenters. The molecule has 0 aliphatic heterocycles. The van der Waals surface area contributed by atoms with E-state index in [1.807, 2.05) is 31.3 Å². The van der Waals surface area contributed by atoms with Crippen LogP contribution in [0, 0.1) is 3.57 Å². The molecule has 106 valence electrons. The van der Waals surface area contributed by atoms with Crippen molar-refractivity contribution in [1.29, 1.82) is 0 Å². The number of aryl methyl sites for hydroxylation is 1. The maximum absolute atomic E-state index is 5.99. The standard InChI is InChI=1S/C14H15ClIN3S/c1-3-11-13(16)14(17-2)19-12(18-11)8-20-10-6-4-5-9(15)7-10/h4-7H,3,8H2,1-2H3,(H,17,18,19). The van der Waals surface area contributed by atoms with Crippen LogP contribution in [0.4, 0.5) is 5.82 Å². The third kappa shape index (κ3) is 3.99. The number of anilines is 1. The zero-order valence-electron chi connectivity index (χ0n) is 11.3. The van der Waals surface area contributed by atoms with Gasteiger partial charge < -0.3 is 5.32 Å². The van der Waals surface area contributed by atoms with E-state index in [9.17, 15) is 0 Å². The van der Waals surface area contributed by atoms with Crippen molar-refractivity contribution in [3.8, 4) is 0 Å². The van der Waals surface area contributed by atoms with E-state index in [4.69, 9.17) is 11.6 Å². The first-order valence-electron chi connectivity index (χ1n) is 6.25. The molecule has 0 aliphatic carbocycles. The molecule has 0 aliphatic rings. The van der Waals surface area contributed by atoms with Crippen LogP contribution in [0.15, 0.2) is 29.2 Å². The second-order valence-corrected chi connectivity index (χ2v) is 6.66. The Labute approximate surface area is 142 Å². The van der Waals surface area contributed by atoms with Gasteiger partial charge in [-0.05, 0) is 47.2 Å². The molecule has 2 rings (SSSR count). The summed E-state index contributed by atoms with van der Waals surface area (Å²) in [4.78, 5) is 10.3. The van der Waals surface area contributed by atoms with Gasteiger partial charge in [-0.15, -0.1) is 11.8 Å². The van der Waals surface area contributed by atoms with Crippen LogP contribution < -0.4 is 5.32 Å². The Morgan fingerprint density at radius 2 is 2.15 bits per heavy atom. The molecule has 1 aromatic carbocycles. The SMILES string of the molecule is CCc1nc(CSc2cccc(Cl)c2)nc(NC)c1I. The fraction of sp³-hybridized carbons (Fsp3) is 0.286. The maximum atomic E-state index is 5.99. The van der Waals surface area contributed by atoms with Crippen LogP contribution >= 0.6 is 46.0 Å². The van der Waals surface area contributed by atoms with Gasteiger partial charge in [0.15, 0.2) is 0 Å². The Hall–Kier alpha value is -0.530. The van der Waals surface area contributed by atoms with Crippen molar-refractivity contribution < 1.29 is 0 Å². The normalized spacial score (nSPS) is 10.6. The van der Waals surface area contributed by atoms with Crippen molar-refractivity contribution in [2.45, 2.75) is 24.0 Å². The van der Waals surface area contributed by atoms with Gasteiger partial charge in [-0.1, -0.05) is 24.6 Å². The third-order valence-electron chi connectivity index (χ3n) is 2.70. The van der Waals surface area contributed by atoms with Crippen LogP contribution in [0.1, 0.15) is 18.4 Å². The molecule has 0 saturated carbocycles. The number of aromatic nitrogens is 2. The number of thioether (sulfide) groups is 1. The van der Waals surface area contributed by atoms with Crippen LogP contribution in [0.5, 0.6) is 0 Å². The van der Waals surface area contributed by atoms with Crippen LogP contribution in [-0.2, 0) is 12.2 Å². The molecule has 0 radical (unpaired) electrons. The molecule has 6 heteroatoms. The van der Waals surface area contributed by atoms with Gasteiger partial charge in [-0.3, -0.25) is 0 Å². The van der Waals surface area contributed by atoms with E-state index in [0.717, 1.165) is 43.0 Å². The first kappa shape index (κ1) is 15.9. The van der Waals surface area contributed by atoms with Crippen molar-refractivity contribution in [2.75, 3.05) is 12.4 Å². The van der Waals surface area contributed by atoms with Crippen molar-refractivity contribution >= 4 is 51.8 Å². The number of rotatable bonds is 5. The topological polar surface area (TPSA) is 37.8 Å². The average molecular weight is 420 g/mol. The van der Waals surface area contributed by atoms with Crippen molar-refractivity contribution in [3.05, 3.63) is 44.4 Å². The van der Waals surface area contributed by atoms with Gasteiger partial charge in [-0.25, -0.2) is 9.97 Å². The Morgan fingerprint density at radius 1 is 1.35 bits per heavy atom. The lowest BCUT2D eigenvalue weighted by Gasteiger charge is -2.10. The summed E-state index contributed by atoms with van der Waals surface area (Å²) in [5.74, 6) is 2.48. The molecule has 1 heterocycles.